The number of halogens is 1. The molecule has 0 aliphatic rings. The number of rotatable bonds is 4. The average Bonchev–Trinajstić information content (AvgIpc) is 1.58. The zero-order chi connectivity index (χ0) is 8.15. The van der Waals surface area contributed by atoms with Crippen LogP contribution in [0.25, 0.3) is 0 Å². The Bertz CT molecular complexity index is 71.3. The topological polar surface area (TPSA) is 9.23 Å². The predicted molar refractivity (Wildman–Crippen MR) is 40.6 cm³/mol. The molecule has 0 fully saturated rings. The highest BCUT2D eigenvalue weighted by atomic mass is 19.1. The lowest BCUT2D eigenvalue weighted by molar-refractivity contribution is -0.0723. The van der Waals surface area contributed by atoms with E-state index in [1.54, 1.807) is 0 Å². The summed E-state index contributed by atoms with van der Waals surface area (Å²) in [5.41, 5.74) is 0. The molecule has 10 heavy (non-hydrogen) atoms. The van der Waals surface area contributed by atoms with Gasteiger partial charge in [-0.3, -0.25) is 0 Å². The molecule has 0 heterocycles. The Morgan fingerprint density at radius 3 is 2.00 bits per heavy atom. The maximum absolute atomic E-state index is 12.2. The summed E-state index contributed by atoms with van der Waals surface area (Å²) in [5.74, 6) is 0.578. The van der Waals surface area contributed by atoms with Gasteiger partial charge in [-0.15, -0.1) is 0 Å². The van der Waals surface area contributed by atoms with E-state index < -0.39 is 6.36 Å². The molecule has 1 nitrogen and oxygen atoms in total. The monoisotopic (exact) mass is 148 g/mol. The van der Waals surface area contributed by atoms with Crippen LogP contribution in [-0.4, -0.2) is 12.5 Å². The molecule has 0 aromatic carbocycles. The van der Waals surface area contributed by atoms with Crippen molar-refractivity contribution >= 4 is 0 Å². The molecule has 0 aliphatic carbocycles. The summed E-state index contributed by atoms with van der Waals surface area (Å²) in [7, 11) is 0. The fourth-order valence-electron chi connectivity index (χ4n) is 1.04. The van der Waals surface area contributed by atoms with Crippen molar-refractivity contribution < 1.29 is 9.13 Å². The highest BCUT2D eigenvalue weighted by Gasteiger charge is 2.07. The van der Waals surface area contributed by atoms with E-state index in [0.717, 1.165) is 6.42 Å². The van der Waals surface area contributed by atoms with Crippen molar-refractivity contribution in [3.05, 3.63) is 0 Å². The highest BCUT2D eigenvalue weighted by Crippen LogP contribution is 2.09. The van der Waals surface area contributed by atoms with Crippen LogP contribution in [0.1, 0.15) is 34.1 Å². The summed E-state index contributed by atoms with van der Waals surface area (Å²) in [6.45, 7) is 7.51. The van der Waals surface area contributed by atoms with Gasteiger partial charge in [0.15, 0.2) is 6.36 Å². The van der Waals surface area contributed by atoms with Gasteiger partial charge in [-0.2, -0.15) is 0 Å². The molecule has 0 saturated carbocycles. The first kappa shape index (κ1) is 9.89. The molecule has 0 radical (unpaired) electrons. The Labute approximate surface area is 62.6 Å². The lowest BCUT2D eigenvalue weighted by Crippen LogP contribution is -2.15. The van der Waals surface area contributed by atoms with Crippen molar-refractivity contribution in [1.29, 1.82) is 0 Å². The predicted octanol–water partition coefficient (Wildman–Crippen LogP) is 2.75. The maximum atomic E-state index is 12.2. The van der Waals surface area contributed by atoms with Crippen molar-refractivity contribution in [1.82, 2.24) is 0 Å². The van der Waals surface area contributed by atoms with Crippen LogP contribution in [0.2, 0.25) is 0 Å². The fraction of sp³-hybridized carbons (Fsp3) is 1.00. The van der Waals surface area contributed by atoms with E-state index in [1.165, 1.54) is 6.92 Å². The van der Waals surface area contributed by atoms with Crippen LogP contribution >= 0.6 is 0 Å². The minimum absolute atomic E-state index is 0.0417. The molecule has 0 spiro atoms. The van der Waals surface area contributed by atoms with E-state index >= 15 is 0 Å². The van der Waals surface area contributed by atoms with Gasteiger partial charge in [0.05, 0.1) is 6.10 Å². The summed E-state index contributed by atoms with van der Waals surface area (Å²) < 4.78 is 17.1. The van der Waals surface area contributed by atoms with E-state index in [0.29, 0.717) is 5.92 Å². The van der Waals surface area contributed by atoms with E-state index in [9.17, 15) is 4.39 Å². The van der Waals surface area contributed by atoms with Crippen LogP contribution in [0.15, 0.2) is 0 Å². The zero-order valence-corrected chi connectivity index (χ0v) is 7.23. The minimum atomic E-state index is -1.13. The average molecular weight is 148 g/mol. The summed E-state index contributed by atoms with van der Waals surface area (Å²) in [6, 6.07) is 0. The molecule has 0 rings (SSSR count). The molecule has 62 valence electrons. The number of alkyl halides is 1. The molecule has 0 aromatic rings. The van der Waals surface area contributed by atoms with Crippen molar-refractivity contribution in [2.45, 2.75) is 46.6 Å². The lowest BCUT2D eigenvalue weighted by atomic mass is 10.1. The summed E-state index contributed by atoms with van der Waals surface area (Å²) >= 11 is 0. The Morgan fingerprint density at radius 1 is 1.20 bits per heavy atom. The largest absolute Gasteiger partial charge is 0.345 e. The van der Waals surface area contributed by atoms with Gasteiger partial charge < -0.3 is 4.74 Å². The molecule has 0 amide bonds. The van der Waals surface area contributed by atoms with Gasteiger partial charge in [0.25, 0.3) is 0 Å². The Hall–Kier alpha value is -0.110. The molecule has 0 bridgehead atoms. The normalized spacial score (nSPS) is 17.4. The van der Waals surface area contributed by atoms with Gasteiger partial charge >= 0.3 is 0 Å². The quantitative estimate of drug-likeness (QED) is 0.595. The third-order valence-electron chi connectivity index (χ3n) is 1.22. The fourth-order valence-corrected chi connectivity index (χ4v) is 1.04. The van der Waals surface area contributed by atoms with Crippen LogP contribution in [0.5, 0.6) is 0 Å². The first-order valence-corrected chi connectivity index (χ1v) is 3.82. The number of hydrogen-bond acceptors (Lipinski definition) is 1. The highest BCUT2D eigenvalue weighted by molar-refractivity contribution is 4.53. The summed E-state index contributed by atoms with van der Waals surface area (Å²) in [4.78, 5) is 0. The van der Waals surface area contributed by atoms with Gasteiger partial charge in [-0.1, -0.05) is 13.8 Å². The molecule has 2 unspecified atom stereocenters. The Morgan fingerprint density at radius 2 is 1.70 bits per heavy atom. The van der Waals surface area contributed by atoms with Crippen molar-refractivity contribution in [3.63, 3.8) is 0 Å². The summed E-state index contributed by atoms with van der Waals surface area (Å²) in [6.07, 6.45) is -0.164. The lowest BCUT2D eigenvalue weighted by Gasteiger charge is -2.15. The van der Waals surface area contributed by atoms with Crippen LogP contribution in [-0.2, 0) is 4.74 Å². The number of ether oxygens (including phenoxy) is 1. The standard InChI is InChI=1S/C8H17FO/c1-6(2)5-7(3)10-8(4)9/h6-8H,5H2,1-4H3. The second kappa shape index (κ2) is 4.67. The molecular weight excluding hydrogens is 131 g/mol. The van der Waals surface area contributed by atoms with Gasteiger partial charge in [0.1, 0.15) is 0 Å². The van der Waals surface area contributed by atoms with E-state index in [1.807, 2.05) is 6.92 Å². The second-order valence-corrected chi connectivity index (χ2v) is 3.12. The van der Waals surface area contributed by atoms with Crippen LogP contribution < -0.4 is 0 Å². The second-order valence-electron chi connectivity index (χ2n) is 3.12. The van der Waals surface area contributed by atoms with E-state index in [-0.39, 0.29) is 6.10 Å². The zero-order valence-electron chi connectivity index (χ0n) is 7.23. The van der Waals surface area contributed by atoms with Gasteiger partial charge in [0.2, 0.25) is 0 Å². The van der Waals surface area contributed by atoms with Gasteiger partial charge in [-0.05, 0) is 26.2 Å². The third kappa shape index (κ3) is 6.02. The Balaban J connectivity index is 3.34. The Kier molecular flexibility index (Phi) is 4.62. The van der Waals surface area contributed by atoms with Crippen LogP contribution in [0.3, 0.4) is 0 Å². The smallest absolute Gasteiger partial charge is 0.196 e. The third-order valence-corrected chi connectivity index (χ3v) is 1.22. The SMILES string of the molecule is CC(C)CC(C)OC(C)F. The van der Waals surface area contributed by atoms with Crippen molar-refractivity contribution in [2.75, 3.05) is 0 Å². The molecular formula is C8H17FO. The number of hydrogen-bond donors (Lipinski definition) is 0. The first-order valence-electron chi connectivity index (χ1n) is 3.82. The maximum Gasteiger partial charge on any atom is 0.196 e. The van der Waals surface area contributed by atoms with Crippen molar-refractivity contribution in [3.8, 4) is 0 Å². The van der Waals surface area contributed by atoms with Crippen molar-refractivity contribution in [2.24, 2.45) is 5.92 Å². The first-order chi connectivity index (χ1) is 4.52. The van der Waals surface area contributed by atoms with E-state index in [4.69, 9.17) is 4.74 Å². The molecule has 2 atom stereocenters. The molecule has 0 aliphatic heterocycles. The summed E-state index contributed by atoms with van der Waals surface area (Å²) in [5, 5.41) is 0. The molecule has 0 N–H and O–H groups in total. The molecule has 2 heteroatoms. The van der Waals surface area contributed by atoms with Gasteiger partial charge in [0, 0.05) is 0 Å². The van der Waals surface area contributed by atoms with Gasteiger partial charge in [-0.25, -0.2) is 4.39 Å². The van der Waals surface area contributed by atoms with Crippen LogP contribution in [0, 0.1) is 5.92 Å². The van der Waals surface area contributed by atoms with E-state index in [2.05, 4.69) is 13.8 Å². The molecule has 0 aromatic heterocycles. The van der Waals surface area contributed by atoms with Crippen LogP contribution in [0.4, 0.5) is 4.39 Å². The molecule has 0 saturated heterocycles. The minimum Gasteiger partial charge on any atom is -0.345 e.